The maximum absolute atomic E-state index is 12.7. The first-order chi connectivity index (χ1) is 12.3. The van der Waals surface area contributed by atoms with E-state index in [0.717, 1.165) is 0 Å². The quantitative estimate of drug-likeness (QED) is 0.583. The molecule has 2 rings (SSSR count). The molecule has 1 aliphatic rings. The van der Waals surface area contributed by atoms with Crippen LogP contribution in [0.3, 0.4) is 0 Å². The van der Waals surface area contributed by atoms with Crippen LogP contribution in [-0.4, -0.2) is 57.5 Å². The minimum Gasteiger partial charge on any atom is -0.452 e. The molecule has 26 heavy (non-hydrogen) atoms. The highest BCUT2D eigenvalue weighted by atomic mass is 32.2. The molecule has 0 spiro atoms. The van der Waals surface area contributed by atoms with Gasteiger partial charge in [0.25, 0.3) is 5.91 Å². The van der Waals surface area contributed by atoms with E-state index >= 15 is 0 Å². The van der Waals surface area contributed by atoms with Gasteiger partial charge in [0.15, 0.2) is 6.61 Å². The van der Waals surface area contributed by atoms with Crippen LogP contribution in [0, 0.1) is 6.92 Å². The van der Waals surface area contributed by atoms with Crippen molar-refractivity contribution < 1.29 is 27.5 Å². The number of rotatable bonds is 6. The highest BCUT2D eigenvalue weighted by Crippen LogP contribution is 2.23. The standard InChI is InChI=1S/C17H22N2O6S/c1-3-4-17(21)25-12-16(20)18-15-11-14(6-5-13(15)2)26(22,23)19-7-9-24-10-8-19/h3-6,11H,7-10,12H2,1-2H3,(H,18,20)/b4-3+. The van der Waals surface area contributed by atoms with E-state index < -0.39 is 28.5 Å². The molecule has 0 bridgehead atoms. The number of hydrogen-bond acceptors (Lipinski definition) is 6. The van der Waals surface area contributed by atoms with E-state index in [1.807, 2.05) is 0 Å². The summed E-state index contributed by atoms with van der Waals surface area (Å²) >= 11 is 0. The van der Waals surface area contributed by atoms with Gasteiger partial charge in [-0.05, 0) is 31.5 Å². The number of nitrogens with zero attached hydrogens (tertiary/aromatic N) is 1. The average Bonchev–Trinajstić information content (AvgIpc) is 2.62. The van der Waals surface area contributed by atoms with Crippen LogP contribution < -0.4 is 5.32 Å². The Morgan fingerprint density at radius 2 is 2.00 bits per heavy atom. The Balaban J connectivity index is 2.11. The van der Waals surface area contributed by atoms with Crippen molar-refractivity contribution >= 4 is 27.6 Å². The number of hydrogen-bond donors (Lipinski definition) is 1. The average molecular weight is 382 g/mol. The van der Waals surface area contributed by atoms with Crippen molar-refractivity contribution in [2.45, 2.75) is 18.7 Å². The second kappa shape index (κ2) is 8.93. The summed E-state index contributed by atoms with van der Waals surface area (Å²) in [6, 6.07) is 4.53. The minimum atomic E-state index is -3.66. The van der Waals surface area contributed by atoms with Gasteiger partial charge in [0, 0.05) is 24.9 Å². The van der Waals surface area contributed by atoms with Crippen molar-refractivity contribution in [1.29, 1.82) is 0 Å². The Morgan fingerprint density at radius 1 is 1.31 bits per heavy atom. The Hall–Kier alpha value is -2.23. The third-order valence-corrected chi connectivity index (χ3v) is 5.63. The number of morpholine rings is 1. The maximum atomic E-state index is 12.7. The largest absolute Gasteiger partial charge is 0.452 e. The molecule has 1 aromatic rings. The molecule has 0 atom stereocenters. The van der Waals surface area contributed by atoms with Crippen LogP contribution in [0.25, 0.3) is 0 Å². The van der Waals surface area contributed by atoms with Crippen LogP contribution in [-0.2, 0) is 29.1 Å². The monoisotopic (exact) mass is 382 g/mol. The molecule has 0 radical (unpaired) electrons. The highest BCUT2D eigenvalue weighted by molar-refractivity contribution is 7.89. The number of nitrogens with one attached hydrogen (secondary N) is 1. The summed E-state index contributed by atoms with van der Waals surface area (Å²) < 4.78 is 36.7. The Kier molecular flexibility index (Phi) is 6.90. The summed E-state index contributed by atoms with van der Waals surface area (Å²) in [5.74, 6) is -1.17. The number of anilines is 1. The molecule has 142 valence electrons. The van der Waals surface area contributed by atoms with E-state index in [4.69, 9.17) is 9.47 Å². The second-order valence-corrected chi connectivity index (χ2v) is 7.59. The zero-order valence-electron chi connectivity index (χ0n) is 14.7. The summed E-state index contributed by atoms with van der Waals surface area (Å²) in [5, 5.41) is 2.58. The second-order valence-electron chi connectivity index (χ2n) is 5.65. The fourth-order valence-corrected chi connectivity index (χ4v) is 3.77. The Bertz CT molecular complexity index is 797. The normalized spacial score (nSPS) is 15.8. The molecule has 1 N–H and O–H groups in total. The van der Waals surface area contributed by atoms with Crippen LogP contribution in [0.15, 0.2) is 35.2 Å². The number of ether oxygens (including phenoxy) is 2. The van der Waals surface area contributed by atoms with Gasteiger partial charge in [0.2, 0.25) is 10.0 Å². The van der Waals surface area contributed by atoms with Gasteiger partial charge in [-0.2, -0.15) is 4.31 Å². The fraction of sp³-hybridized carbons (Fsp3) is 0.412. The molecule has 0 aromatic heterocycles. The molecule has 0 aliphatic carbocycles. The number of carbonyl (C=O) groups is 2. The van der Waals surface area contributed by atoms with E-state index in [1.165, 1.54) is 28.6 Å². The van der Waals surface area contributed by atoms with E-state index in [-0.39, 0.29) is 4.90 Å². The number of allylic oxidation sites excluding steroid dienone is 1. The number of sulfonamides is 1. The van der Waals surface area contributed by atoms with Gasteiger partial charge in [-0.3, -0.25) is 4.79 Å². The van der Waals surface area contributed by atoms with E-state index in [0.29, 0.717) is 37.6 Å². The number of aryl methyl sites for hydroxylation is 1. The van der Waals surface area contributed by atoms with Gasteiger partial charge < -0.3 is 14.8 Å². The number of amides is 1. The van der Waals surface area contributed by atoms with Crippen LogP contribution in [0.2, 0.25) is 0 Å². The van der Waals surface area contributed by atoms with Crippen LogP contribution in [0.1, 0.15) is 12.5 Å². The van der Waals surface area contributed by atoms with Gasteiger partial charge in [0.05, 0.1) is 18.1 Å². The Labute approximate surface area is 152 Å². The summed E-state index contributed by atoms with van der Waals surface area (Å²) in [6.45, 7) is 4.23. The smallest absolute Gasteiger partial charge is 0.330 e. The molecule has 1 aromatic carbocycles. The van der Waals surface area contributed by atoms with Gasteiger partial charge in [-0.15, -0.1) is 0 Å². The molecular formula is C17H22N2O6S. The van der Waals surface area contributed by atoms with Crippen molar-refractivity contribution in [3.05, 3.63) is 35.9 Å². The van der Waals surface area contributed by atoms with Crippen molar-refractivity contribution in [1.82, 2.24) is 4.31 Å². The lowest BCUT2D eigenvalue weighted by molar-refractivity contribution is -0.142. The van der Waals surface area contributed by atoms with Crippen LogP contribution in [0.4, 0.5) is 5.69 Å². The lowest BCUT2D eigenvalue weighted by atomic mass is 10.2. The number of carbonyl (C=O) groups excluding carboxylic acids is 2. The topological polar surface area (TPSA) is 102 Å². The third kappa shape index (κ3) is 5.13. The summed E-state index contributed by atoms with van der Waals surface area (Å²) in [4.78, 5) is 23.3. The molecule has 1 saturated heterocycles. The zero-order chi connectivity index (χ0) is 19.2. The van der Waals surface area contributed by atoms with Crippen molar-refractivity contribution in [2.75, 3.05) is 38.2 Å². The van der Waals surface area contributed by atoms with Crippen LogP contribution >= 0.6 is 0 Å². The molecule has 0 unspecified atom stereocenters. The predicted octanol–water partition coefficient (Wildman–Crippen LogP) is 1.07. The molecule has 1 amide bonds. The first-order valence-electron chi connectivity index (χ1n) is 8.12. The van der Waals surface area contributed by atoms with Crippen LogP contribution in [0.5, 0.6) is 0 Å². The van der Waals surface area contributed by atoms with Crippen molar-refractivity contribution in [3.63, 3.8) is 0 Å². The first kappa shape index (κ1) is 20.1. The molecule has 9 heteroatoms. The molecular weight excluding hydrogens is 360 g/mol. The summed E-state index contributed by atoms with van der Waals surface area (Å²) in [7, 11) is -3.66. The first-order valence-corrected chi connectivity index (χ1v) is 9.56. The predicted molar refractivity (Wildman–Crippen MR) is 95.2 cm³/mol. The molecule has 0 saturated carbocycles. The Morgan fingerprint density at radius 3 is 2.65 bits per heavy atom. The maximum Gasteiger partial charge on any atom is 0.330 e. The van der Waals surface area contributed by atoms with Crippen molar-refractivity contribution in [2.24, 2.45) is 0 Å². The summed E-state index contributed by atoms with van der Waals surface area (Å²) in [5.41, 5.74) is 1.05. The van der Waals surface area contributed by atoms with E-state index in [1.54, 1.807) is 19.9 Å². The van der Waals surface area contributed by atoms with E-state index in [2.05, 4.69) is 5.32 Å². The SMILES string of the molecule is C/C=C/C(=O)OCC(=O)Nc1cc(S(=O)(=O)N2CCOCC2)ccc1C. The van der Waals surface area contributed by atoms with Gasteiger partial charge in [-0.25, -0.2) is 13.2 Å². The fourth-order valence-electron chi connectivity index (χ4n) is 2.34. The summed E-state index contributed by atoms with van der Waals surface area (Å²) in [6.07, 6.45) is 2.71. The lowest BCUT2D eigenvalue weighted by Gasteiger charge is -2.26. The molecule has 1 fully saturated rings. The number of esters is 1. The van der Waals surface area contributed by atoms with Gasteiger partial charge >= 0.3 is 5.97 Å². The lowest BCUT2D eigenvalue weighted by Crippen LogP contribution is -2.40. The third-order valence-electron chi connectivity index (χ3n) is 3.74. The minimum absolute atomic E-state index is 0.0891. The van der Waals surface area contributed by atoms with Crippen molar-refractivity contribution in [3.8, 4) is 0 Å². The highest BCUT2D eigenvalue weighted by Gasteiger charge is 2.26. The molecule has 8 nitrogen and oxygen atoms in total. The van der Waals surface area contributed by atoms with Gasteiger partial charge in [0.1, 0.15) is 0 Å². The van der Waals surface area contributed by atoms with Gasteiger partial charge in [-0.1, -0.05) is 12.1 Å². The van der Waals surface area contributed by atoms with E-state index in [9.17, 15) is 18.0 Å². The molecule has 1 aliphatic heterocycles. The zero-order valence-corrected chi connectivity index (χ0v) is 15.5. The molecule has 1 heterocycles. The number of benzene rings is 1.